The van der Waals surface area contributed by atoms with Crippen LogP contribution in [0.1, 0.15) is 6.92 Å². The normalized spacial score (nSPS) is 24.0. The lowest BCUT2D eigenvalue weighted by Crippen LogP contribution is -2.74. The van der Waals surface area contributed by atoms with Crippen LogP contribution in [0.5, 0.6) is 0 Å². The van der Waals surface area contributed by atoms with Crippen molar-refractivity contribution in [3.63, 3.8) is 0 Å². The SMILES string of the molecule is COC(=O)NC1C(=O)N2C(C(=O)OC)=C(COC(C)=O)CS(=O)(=O)C12. The van der Waals surface area contributed by atoms with E-state index in [1.807, 2.05) is 0 Å². The number of ether oxygens (including phenoxy) is 3. The van der Waals surface area contributed by atoms with E-state index in [-0.39, 0.29) is 11.3 Å². The summed E-state index contributed by atoms with van der Waals surface area (Å²) >= 11 is 0. The standard InChI is InChI=1S/C13H16N2O9S/c1-6(16)24-4-7-5-25(20,21)11-8(14-13(19)23-3)10(17)15(11)9(7)12(18)22-2/h8,11H,4-5H2,1-3H3,(H,14,19). The maximum absolute atomic E-state index is 12.5. The highest BCUT2D eigenvalue weighted by atomic mass is 32.2. The average molecular weight is 376 g/mol. The van der Waals surface area contributed by atoms with Crippen molar-refractivity contribution in [1.29, 1.82) is 0 Å². The van der Waals surface area contributed by atoms with Crippen LogP contribution in [0, 0.1) is 0 Å². The molecular formula is C13H16N2O9S. The van der Waals surface area contributed by atoms with E-state index in [2.05, 4.69) is 14.8 Å². The van der Waals surface area contributed by atoms with E-state index in [1.54, 1.807) is 0 Å². The second kappa shape index (κ2) is 6.70. The summed E-state index contributed by atoms with van der Waals surface area (Å²) in [6, 6.07) is -1.38. The first-order valence-corrected chi connectivity index (χ1v) is 8.68. The summed E-state index contributed by atoms with van der Waals surface area (Å²) in [5, 5.41) is 0.658. The number of β-lactam (4-membered cyclic amide) rings is 1. The number of alkyl carbamates (subject to hydrolysis) is 1. The third-order valence-corrected chi connectivity index (χ3v) is 5.62. The number of sulfone groups is 1. The zero-order valence-electron chi connectivity index (χ0n) is 13.6. The third-order valence-electron chi connectivity index (χ3n) is 3.65. The Labute approximate surface area is 142 Å². The zero-order chi connectivity index (χ0) is 18.9. The Hall–Kier alpha value is -2.63. The summed E-state index contributed by atoms with van der Waals surface area (Å²) in [5.41, 5.74) is -0.389. The molecule has 1 saturated heterocycles. The van der Waals surface area contributed by atoms with Crippen LogP contribution in [0.2, 0.25) is 0 Å². The van der Waals surface area contributed by atoms with Gasteiger partial charge in [0.2, 0.25) is 0 Å². The molecule has 2 aliphatic rings. The van der Waals surface area contributed by atoms with Gasteiger partial charge in [-0.05, 0) is 0 Å². The lowest BCUT2D eigenvalue weighted by atomic mass is 10.0. The van der Waals surface area contributed by atoms with Gasteiger partial charge in [0.25, 0.3) is 5.91 Å². The van der Waals surface area contributed by atoms with Crippen molar-refractivity contribution in [3.8, 4) is 0 Å². The van der Waals surface area contributed by atoms with Gasteiger partial charge in [-0.15, -0.1) is 0 Å². The topological polar surface area (TPSA) is 145 Å². The van der Waals surface area contributed by atoms with Gasteiger partial charge in [-0.25, -0.2) is 18.0 Å². The molecule has 25 heavy (non-hydrogen) atoms. The molecule has 12 heteroatoms. The molecule has 0 aromatic rings. The smallest absolute Gasteiger partial charge is 0.407 e. The molecule has 2 heterocycles. The molecule has 2 rings (SSSR count). The minimum absolute atomic E-state index is 0.0804. The number of carbonyl (C=O) groups excluding carboxylic acids is 4. The highest BCUT2D eigenvalue weighted by Gasteiger charge is 2.60. The van der Waals surface area contributed by atoms with Gasteiger partial charge in [0.15, 0.2) is 15.2 Å². The fourth-order valence-electron chi connectivity index (χ4n) is 2.59. The molecule has 0 radical (unpaired) electrons. The zero-order valence-corrected chi connectivity index (χ0v) is 14.4. The minimum Gasteiger partial charge on any atom is -0.464 e. The lowest BCUT2D eigenvalue weighted by Gasteiger charge is -2.48. The number of hydrogen-bond acceptors (Lipinski definition) is 9. The first-order valence-electron chi connectivity index (χ1n) is 6.96. The van der Waals surface area contributed by atoms with Crippen molar-refractivity contribution in [2.24, 2.45) is 0 Å². The number of esters is 2. The second-order valence-corrected chi connectivity index (χ2v) is 7.34. The Balaban J connectivity index is 2.44. The summed E-state index contributed by atoms with van der Waals surface area (Å²) < 4.78 is 38.6. The largest absolute Gasteiger partial charge is 0.464 e. The van der Waals surface area contributed by atoms with Crippen LogP contribution in [0.15, 0.2) is 11.3 Å². The Bertz CT molecular complexity index is 770. The summed E-state index contributed by atoms with van der Waals surface area (Å²) in [4.78, 5) is 47.3. The van der Waals surface area contributed by atoms with Crippen molar-refractivity contribution in [2.45, 2.75) is 18.3 Å². The number of methoxy groups -OCH3 is 2. The fourth-order valence-corrected chi connectivity index (χ4v) is 4.60. The molecule has 0 spiro atoms. The minimum atomic E-state index is -3.95. The Kier molecular flexibility index (Phi) is 5.02. The number of carbonyl (C=O) groups is 4. The lowest BCUT2D eigenvalue weighted by molar-refractivity contribution is -0.150. The maximum atomic E-state index is 12.5. The van der Waals surface area contributed by atoms with Gasteiger partial charge < -0.3 is 19.5 Å². The van der Waals surface area contributed by atoms with E-state index < -0.39 is 57.6 Å². The predicted octanol–water partition coefficient (Wildman–Crippen LogP) is -1.70. The first-order chi connectivity index (χ1) is 11.6. The molecule has 0 aliphatic carbocycles. The molecule has 2 unspecified atom stereocenters. The number of nitrogens with one attached hydrogen (secondary N) is 1. The van der Waals surface area contributed by atoms with Crippen LogP contribution < -0.4 is 5.32 Å². The van der Waals surface area contributed by atoms with Gasteiger partial charge in [-0.1, -0.05) is 0 Å². The van der Waals surface area contributed by atoms with Crippen LogP contribution in [0.4, 0.5) is 4.79 Å². The number of fused-ring (bicyclic) bond motifs is 1. The van der Waals surface area contributed by atoms with E-state index in [1.165, 1.54) is 0 Å². The van der Waals surface area contributed by atoms with Gasteiger partial charge in [0.05, 0.1) is 20.0 Å². The first kappa shape index (κ1) is 18.7. The van der Waals surface area contributed by atoms with Crippen molar-refractivity contribution >= 4 is 33.8 Å². The van der Waals surface area contributed by atoms with E-state index in [4.69, 9.17) is 4.74 Å². The van der Waals surface area contributed by atoms with E-state index >= 15 is 0 Å². The molecule has 2 amide bonds. The number of hydrogen-bond donors (Lipinski definition) is 1. The van der Waals surface area contributed by atoms with Gasteiger partial charge in [-0.2, -0.15) is 0 Å². The Morgan fingerprint density at radius 3 is 2.40 bits per heavy atom. The highest BCUT2D eigenvalue weighted by Crippen LogP contribution is 2.37. The van der Waals surface area contributed by atoms with Gasteiger partial charge in [0.1, 0.15) is 18.3 Å². The summed E-state index contributed by atoms with van der Waals surface area (Å²) in [7, 11) is -1.83. The Morgan fingerprint density at radius 2 is 1.88 bits per heavy atom. The number of rotatable bonds is 4. The van der Waals surface area contributed by atoms with E-state index in [0.717, 1.165) is 26.0 Å². The van der Waals surface area contributed by atoms with Gasteiger partial charge in [0, 0.05) is 12.5 Å². The molecular weight excluding hydrogens is 360 g/mol. The summed E-state index contributed by atoms with van der Waals surface area (Å²) in [6.07, 6.45) is -0.984. The van der Waals surface area contributed by atoms with Crippen LogP contribution in [-0.2, 0) is 38.4 Å². The average Bonchev–Trinajstić information content (AvgIpc) is 2.55. The van der Waals surface area contributed by atoms with Crippen molar-refractivity contribution in [3.05, 3.63) is 11.3 Å². The van der Waals surface area contributed by atoms with E-state index in [9.17, 15) is 27.6 Å². The highest BCUT2D eigenvalue weighted by molar-refractivity contribution is 7.92. The monoisotopic (exact) mass is 376 g/mol. The van der Waals surface area contributed by atoms with Crippen molar-refractivity contribution in [2.75, 3.05) is 26.6 Å². The maximum Gasteiger partial charge on any atom is 0.407 e. The van der Waals surface area contributed by atoms with E-state index in [0.29, 0.717) is 0 Å². The number of amides is 2. The van der Waals surface area contributed by atoms with Crippen LogP contribution in [-0.4, -0.2) is 75.3 Å². The quantitative estimate of drug-likeness (QED) is 0.344. The molecule has 2 aliphatic heterocycles. The molecule has 0 aromatic carbocycles. The molecule has 138 valence electrons. The molecule has 0 aromatic heterocycles. The fraction of sp³-hybridized carbons (Fsp3) is 0.538. The predicted molar refractivity (Wildman–Crippen MR) is 79.4 cm³/mol. The van der Waals surface area contributed by atoms with Crippen LogP contribution in [0.3, 0.4) is 0 Å². The third kappa shape index (κ3) is 3.29. The molecule has 11 nitrogen and oxygen atoms in total. The van der Waals surface area contributed by atoms with Gasteiger partial charge in [-0.3, -0.25) is 14.5 Å². The Morgan fingerprint density at radius 1 is 1.24 bits per heavy atom. The molecule has 1 N–H and O–H groups in total. The summed E-state index contributed by atoms with van der Waals surface area (Å²) in [6.45, 7) is 0.633. The molecule has 1 fully saturated rings. The van der Waals surface area contributed by atoms with Crippen molar-refractivity contribution < 1.29 is 41.8 Å². The second-order valence-electron chi connectivity index (χ2n) is 5.24. The summed E-state index contributed by atoms with van der Waals surface area (Å²) in [5.74, 6) is -3.08. The van der Waals surface area contributed by atoms with Crippen LogP contribution in [0.25, 0.3) is 0 Å². The van der Waals surface area contributed by atoms with Crippen LogP contribution >= 0.6 is 0 Å². The molecule has 2 atom stereocenters. The van der Waals surface area contributed by atoms with Gasteiger partial charge >= 0.3 is 18.0 Å². The number of nitrogens with zero attached hydrogens (tertiary/aromatic N) is 1. The van der Waals surface area contributed by atoms with Crippen molar-refractivity contribution in [1.82, 2.24) is 10.2 Å². The molecule has 0 bridgehead atoms. The molecule has 0 saturated carbocycles.